The van der Waals surface area contributed by atoms with Crippen LogP contribution in [0.4, 0.5) is 0 Å². The van der Waals surface area contributed by atoms with Crippen molar-refractivity contribution in [2.45, 2.75) is 32.4 Å². The zero-order chi connectivity index (χ0) is 14.1. The first-order chi connectivity index (χ1) is 9.70. The van der Waals surface area contributed by atoms with Gasteiger partial charge in [0, 0.05) is 15.8 Å². The second-order valence-electron chi connectivity index (χ2n) is 5.11. The van der Waals surface area contributed by atoms with E-state index in [-0.39, 0.29) is 12.1 Å². The number of aryl methyl sites for hydroxylation is 1. The number of hydrogen-bond acceptors (Lipinski definition) is 3. The van der Waals surface area contributed by atoms with Crippen LogP contribution >= 0.6 is 11.3 Å². The number of thiophene rings is 1. The van der Waals surface area contributed by atoms with Crippen LogP contribution in [0.15, 0.2) is 42.7 Å². The van der Waals surface area contributed by atoms with E-state index < -0.39 is 0 Å². The molecule has 0 radical (unpaired) electrons. The van der Waals surface area contributed by atoms with Crippen molar-refractivity contribution >= 4 is 22.4 Å². The second-order valence-corrected chi connectivity index (χ2v) is 6.43. The molecular weight excluding hydrogens is 266 g/mol. The maximum atomic E-state index is 6.40. The van der Waals surface area contributed by atoms with E-state index >= 15 is 0 Å². The summed E-state index contributed by atoms with van der Waals surface area (Å²) in [5.74, 6) is 0. The molecule has 0 spiro atoms. The summed E-state index contributed by atoms with van der Waals surface area (Å²) >= 11 is 1.82. The van der Waals surface area contributed by atoms with Crippen molar-refractivity contribution in [1.29, 1.82) is 0 Å². The number of imidazole rings is 1. The normalized spacial score (nSPS) is 14.6. The standard InChI is InChI=1S/C16H19N3S/c1-3-12(17)16(15-9-8-11(2)20-15)19-10-18-13-6-4-5-7-14(13)19/h4-10,12,16H,3,17H2,1-2H3. The van der Waals surface area contributed by atoms with E-state index in [0.29, 0.717) is 0 Å². The number of hydrogen-bond donors (Lipinski definition) is 1. The van der Waals surface area contributed by atoms with Crippen molar-refractivity contribution < 1.29 is 0 Å². The van der Waals surface area contributed by atoms with Crippen LogP contribution in [0.5, 0.6) is 0 Å². The minimum atomic E-state index is 0.0886. The van der Waals surface area contributed by atoms with Gasteiger partial charge in [0.1, 0.15) is 0 Å². The summed E-state index contributed by atoms with van der Waals surface area (Å²) < 4.78 is 2.22. The second kappa shape index (κ2) is 5.38. The van der Waals surface area contributed by atoms with Gasteiger partial charge in [0.25, 0.3) is 0 Å². The van der Waals surface area contributed by atoms with Crippen LogP contribution < -0.4 is 5.73 Å². The van der Waals surface area contributed by atoms with E-state index in [0.717, 1.165) is 17.5 Å². The number of rotatable bonds is 4. The van der Waals surface area contributed by atoms with E-state index in [2.05, 4.69) is 47.7 Å². The Bertz CT molecular complexity index is 713. The lowest BCUT2D eigenvalue weighted by Gasteiger charge is -2.24. The van der Waals surface area contributed by atoms with Gasteiger partial charge in [-0.1, -0.05) is 19.1 Å². The molecule has 2 N–H and O–H groups in total. The molecule has 2 heterocycles. The van der Waals surface area contributed by atoms with Crippen molar-refractivity contribution in [2.75, 3.05) is 0 Å². The first kappa shape index (κ1) is 13.3. The minimum absolute atomic E-state index is 0.0886. The number of fused-ring (bicyclic) bond motifs is 1. The lowest BCUT2D eigenvalue weighted by atomic mass is 10.0. The molecule has 2 unspecified atom stereocenters. The summed E-state index contributed by atoms with van der Waals surface area (Å²) in [6.07, 6.45) is 2.86. The zero-order valence-corrected chi connectivity index (χ0v) is 12.6. The Morgan fingerprint density at radius 2 is 2.05 bits per heavy atom. The molecule has 104 valence electrons. The van der Waals surface area contributed by atoms with Crippen molar-refractivity contribution in [2.24, 2.45) is 5.73 Å². The van der Waals surface area contributed by atoms with E-state index in [4.69, 9.17) is 5.73 Å². The number of para-hydroxylation sites is 2. The third-order valence-electron chi connectivity index (χ3n) is 3.71. The summed E-state index contributed by atoms with van der Waals surface area (Å²) in [5.41, 5.74) is 8.57. The largest absolute Gasteiger partial charge is 0.326 e. The van der Waals surface area contributed by atoms with Crippen LogP contribution in [0.2, 0.25) is 0 Å². The highest BCUT2D eigenvalue weighted by molar-refractivity contribution is 7.12. The van der Waals surface area contributed by atoms with Gasteiger partial charge in [-0.15, -0.1) is 11.3 Å². The molecule has 3 rings (SSSR count). The number of nitrogens with zero attached hydrogens (tertiary/aromatic N) is 2. The lowest BCUT2D eigenvalue weighted by Crippen LogP contribution is -2.31. The first-order valence-electron chi connectivity index (χ1n) is 6.94. The molecule has 2 atom stereocenters. The van der Waals surface area contributed by atoms with Gasteiger partial charge in [0.2, 0.25) is 0 Å². The van der Waals surface area contributed by atoms with Gasteiger partial charge in [-0.05, 0) is 37.6 Å². The van der Waals surface area contributed by atoms with Crippen molar-refractivity contribution in [3.05, 3.63) is 52.5 Å². The molecule has 0 saturated carbocycles. The maximum absolute atomic E-state index is 6.40. The van der Waals surface area contributed by atoms with Crippen molar-refractivity contribution in [1.82, 2.24) is 9.55 Å². The zero-order valence-electron chi connectivity index (χ0n) is 11.8. The molecule has 1 aromatic carbocycles. The monoisotopic (exact) mass is 285 g/mol. The predicted molar refractivity (Wildman–Crippen MR) is 85.2 cm³/mol. The Labute approximate surface area is 123 Å². The summed E-state index contributed by atoms with van der Waals surface area (Å²) in [7, 11) is 0. The summed E-state index contributed by atoms with van der Waals surface area (Å²) in [4.78, 5) is 7.12. The molecule has 0 aliphatic rings. The maximum Gasteiger partial charge on any atom is 0.0964 e. The van der Waals surface area contributed by atoms with Gasteiger partial charge in [-0.3, -0.25) is 0 Å². The number of aromatic nitrogens is 2. The van der Waals surface area contributed by atoms with Crippen LogP contribution in [-0.4, -0.2) is 15.6 Å². The summed E-state index contributed by atoms with van der Waals surface area (Å²) in [6, 6.07) is 12.8. The molecule has 0 aliphatic heterocycles. The molecule has 0 saturated heterocycles. The average molecular weight is 285 g/mol. The topological polar surface area (TPSA) is 43.8 Å². The van der Waals surface area contributed by atoms with Crippen LogP contribution in [-0.2, 0) is 0 Å². The average Bonchev–Trinajstić information content (AvgIpc) is 3.07. The van der Waals surface area contributed by atoms with Crippen LogP contribution in [0, 0.1) is 6.92 Å². The Hall–Kier alpha value is -1.65. The molecule has 3 aromatic rings. The summed E-state index contributed by atoms with van der Waals surface area (Å²) in [6.45, 7) is 4.27. The third kappa shape index (κ3) is 2.25. The van der Waals surface area contributed by atoms with Crippen LogP contribution in [0.3, 0.4) is 0 Å². The van der Waals surface area contributed by atoms with Gasteiger partial charge < -0.3 is 10.3 Å². The highest BCUT2D eigenvalue weighted by Gasteiger charge is 2.23. The van der Waals surface area contributed by atoms with Gasteiger partial charge >= 0.3 is 0 Å². The van der Waals surface area contributed by atoms with Crippen LogP contribution in [0.25, 0.3) is 11.0 Å². The summed E-state index contributed by atoms with van der Waals surface area (Å²) in [5, 5.41) is 0. The fourth-order valence-corrected chi connectivity index (χ4v) is 3.64. The Morgan fingerprint density at radius 1 is 1.25 bits per heavy atom. The molecule has 20 heavy (non-hydrogen) atoms. The Kier molecular flexibility index (Phi) is 3.59. The number of nitrogens with two attached hydrogens (primary N) is 1. The smallest absolute Gasteiger partial charge is 0.0964 e. The van der Waals surface area contributed by atoms with E-state index in [9.17, 15) is 0 Å². The molecule has 0 amide bonds. The van der Waals surface area contributed by atoms with Crippen molar-refractivity contribution in [3.63, 3.8) is 0 Å². The van der Waals surface area contributed by atoms with E-state index in [1.54, 1.807) is 0 Å². The predicted octanol–water partition coefficient (Wildman–Crippen LogP) is 3.73. The molecule has 2 aromatic heterocycles. The van der Waals surface area contributed by atoms with Crippen molar-refractivity contribution in [3.8, 4) is 0 Å². The van der Waals surface area contributed by atoms with E-state index in [1.807, 2.05) is 29.8 Å². The molecule has 4 heteroatoms. The molecule has 0 aliphatic carbocycles. The first-order valence-corrected chi connectivity index (χ1v) is 7.76. The Balaban J connectivity index is 2.14. The molecule has 0 bridgehead atoms. The van der Waals surface area contributed by atoms with Gasteiger partial charge in [-0.25, -0.2) is 4.98 Å². The molecule has 3 nitrogen and oxygen atoms in total. The number of benzene rings is 1. The SMILES string of the molecule is CCC(N)C(c1ccc(C)s1)n1cnc2ccccc21. The lowest BCUT2D eigenvalue weighted by molar-refractivity contribution is 0.474. The third-order valence-corrected chi connectivity index (χ3v) is 4.78. The fourth-order valence-electron chi connectivity index (χ4n) is 2.59. The van der Waals surface area contributed by atoms with E-state index in [1.165, 1.54) is 9.75 Å². The fraction of sp³-hybridized carbons (Fsp3) is 0.312. The van der Waals surface area contributed by atoms with Gasteiger partial charge in [0.05, 0.1) is 23.4 Å². The minimum Gasteiger partial charge on any atom is -0.326 e. The Morgan fingerprint density at radius 3 is 2.75 bits per heavy atom. The molecular formula is C16H19N3S. The highest BCUT2D eigenvalue weighted by Crippen LogP contribution is 2.31. The van der Waals surface area contributed by atoms with Gasteiger partial charge in [-0.2, -0.15) is 0 Å². The van der Waals surface area contributed by atoms with Crippen LogP contribution in [0.1, 0.15) is 29.1 Å². The highest BCUT2D eigenvalue weighted by atomic mass is 32.1. The molecule has 0 fully saturated rings. The quantitative estimate of drug-likeness (QED) is 0.793. The van der Waals surface area contributed by atoms with Gasteiger partial charge in [0.15, 0.2) is 0 Å².